The maximum Gasteiger partial charge on any atom is 0.261 e. The zero-order valence-electron chi connectivity index (χ0n) is 15.8. The van der Waals surface area contributed by atoms with Crippen molar-refractivity contribution in [1.29, 1.82) is 0 Å². The van der Waals surface area contributed by atoms with E-state index < -0.39 is 6.10 Å². The van der Waals surface area contributed by atoms with Crippen molar-refractivity contribution in [1.82, 2.24) is 10.2 Å². The number of para-hydroxylation sites is 1. The molecule has 1 heterocycles. The van der Waals surface area contributed by atoms with Crippen LogP contribution in [0.3, 0.4) is 0 Å². The second-order valence-corrected chi connectivity index (χ2v) is 7.42. The van der Waals surface area contributed by atoms with E-state index >= 15 is 0 Å². The molecule has 0 saturated carbocycles. The highest BCUT2D eigenvalue weighted by Gasteiger charge is 2.17. The molecule has 1 amide bonds. The lowest BCUT2D eigenvalue weighted by atomic mass is 10.0. The summed E-state index contributed by atoms with van der Waals surface area (Å²) in [6.07, 6.45) is 3.27. The molecular formula is C22H27ClN2O2. The Hall–Kier alpha value is -2.04. The summed E-state index contributed by atoms with van der Waals surface area (Å²) in [6.45, 7) is 5.49. The molecule has 0 bridgehead atoms. The van der Waals surface area contributed by atoms with Gasteiger partial charge in [-0.2, -0.15) is 0 Å². The first-order chi connectivity index (χ1) is 13.1. The lowest BCUT2D eigenvalue weighted by Gasteiger charge is -2.27. The van der Waals surface area contributed by atoms with Crippen molar-refractivity contribution in [3.63, 3.8) is 0 Å². The third-order valence-electron chi connectivity index (χ3n) is 4.92. The van der Waals surface area contributed by atoms with Crippen molar-refractivity contribution in [2.24, 2.45) is 0 Å². The number of likely N-dealkylation sites (tertiary alicyclic amines) is 1. The number of ether oxygens (including phenoxy) is 1. The number of carbonyl (C=O) groups is 1. The lowest BCUT2D eigenvalue weighted by Crippen LogP contribution is -2.36. The Morgan fingerprint density at radius 2 is 1.74 bits per heavy atom. The zero-order chi connectivity index (χ0) is 19.1. The summed E-state index contributed by atoms with van der Waals surface area (Å²) in [7, 11) is 0. The minimum atomic E-state index is -0.612. The molecule has 2 aromatic carbocycles. The summed E-state index contributed by atoms with van der Waals surface area (Å²) in [5, 5.41) is 3.49. The van der Waals surface area contributed by atoms with Crippen molar-refractivity contribution in [3.05, 3.63) is 64.7 Å². The molecule has 1 saturated heterocycles. The van der Waals surface area contributed by atoms with E-state index in [1.807, 2.05) is 18.2 Å². The Labute approximate surface area is 166 Å². The molecule has 0 unspecified atom stereocenters. The number of rotatable bonds is 7. The molecule has 2 aromatic rings. The summed E-state index contributed by atoms with van der Waals surface area (Å²) < 4.78 is 5.69. The minimum Gasteiger partial charge on any atom is -0.479 e. The average Bonchev–Trinajstić information content (AvgIpc) is 2.69. The summed E-state index contributed by atoms with van der Waals surface area (Å²) >= 11 is 6.10. The van der Waals surface area contributed by atoms with Crippen LogP contribution in [0.15, 0.2) is 48.5 Å². The monoisotopic (exact) mass is 386 g/mol. The predicted octanol–water partition coefficient (Wildman–Crippen LogP) is 4.41. The van der Waals surface area contributed by atoms with Gasteiger partial charge in [0.2, 0.25) is 0 Å². The molecule has 0 aliphatic carbocycles. The van der Waals surface area contributed by atoms with E-state index in [4.69, 9.17) is 16.3 Å². The number of hydrogen-bond acceptors (Lipinski definition) is 3. The first-order valence-corrected chi connectivity index (χ1v) is 9.99. The number of amides is 1. The van der Waals surface area contributed by atoms with Crippen LogP contribution in [0, 0.1) is 0 Å². The summed E-state index contributed by atoms with van der Waals surface area (Å²) in [5.74, 6) is 0.370. The Morgan fingerprint density at radius 1 is 1.07 bits per heavy atom. The fourth-order valence-corrected chi connectivity index (χ4v) is 3.53. The first kappa shape index (κ1) is 19.7. The van der Waals surface area contributed by atoms with Crippen molar-refractivity contribution >= 4 is 17.5 Å². The molecule has 144 valence electrons. The van der Waals surface area contributed by atoms with Crippen molar-refractivity contribution in [2.45, 2.75) is 45.4 Å². The van der Waals surface area contributed by atoms with Crippen LogP contribution in [0.5, 0.6) is 5.75 Å². The van der Waals surface area contributed by atoms with Gasteiger partial charge in [-0.25, -0.2) is 0 Å². The number of piperidine rings is 1. The van der Waals surface area contributed by atoms with Gasteiger partial charge in [0.25, 0.3) is 5.91 Å². The van der Waals surface area contributed by atoms with E-state index in [9.17, 15) is 4.79 Å². The fraction of sp³-hybridized carbons (Fsp3) is 0.409. The molecule has 0 radical (unpaired) electrons. The van der Waals surface area contributed by atoms with E-state index in [1.165, 1.54) is 24.8 Å². The fourth-order valence-electron chi connectivity index (χ4n) is 3.35. The Morgan fingerprint density at radius 3 is 2.48 bits per heavy atom. The van der Waals surface area contributed by atoms with Gasteiger partial charge in [0, 0.05) is 13.1 Å². The second-order valence-electron chi connectivity index (χ2n) is 7.01. The predicted molar refractivity (Wildman–Crippen MR) is 109 cm³/mol. The zero-order valence-corrected chi connectivity index (χ0v) is 16.5. The second kappa shape index (κ2) is 9.77. The van der Waals surface area contributed by atoms with Gasteiger partial charge in [-0.05, 0) is 56.1 Å². The van der Waals surface area contributed by atoms with Crippen LogP contribution in [0.1, 0.15) is 37.3 Å². The molecule has 1 fully saturated rings. The third kappa shape index (κ3) is 5.72. The molecule has 1 atom stereocenters. The average molecular weight is 387 g/mol. The van der Waals surface area contributed by atoms with E-state index in [0.717, 1.165) is 25.2 Å². The largest absolute Gasteiger partial charge is 0.479 e. The van der Waals surface area contributed by atoms with Crippen LogP contribution in [-0.4, -0.2) is 30.0 Å². The normalized spacial score (nSPS) is 15.9. The number of halogens is 1. The molecule has 5 heteroatoms. The van der Waals surface area contributed by atoms with Gasteiger partial charge in [0.15, 0.2) is 6.10 Å². The molecule has 27 heavy (non-hydrogen) atoms. The van der Waals surface area contributed by atoms with Crippen LogP contribution in [-0.2, 0) is 17.9 Å². The third-order valence-corrected chi connectivity index (χ3v) is 5.24. The molecule has 0 spiro atoms. The number of nitrogens with one attached hydrogen (secondary N) is 1. The van der Waals surface area contributed by atoms with Gasteiger partial charge in [-0.15, -0.1) is 0 Å². The first-order valence-electron chi connectivity index (χ1n) is 9.61. The summed E-state index contributed by atoms with van der Waals surface area (Å²) in [4.78, 5) is 14.9. The molecule has 0 aromatic heterocycles. The summed E-state index contributed by atoms with van der Waals surface area (Å²) in [6, 6.07) is 15.5. The van der Waals surface area contributed by atoms with Gasteiger partial charge in [0.1, 0.15) is 5.75 Å². The van der Waals surface area contributed by atoms with Crippen molar-refractivity contribution < 1.29 is 9.53 Å². The van der Waals surface area contributed by atoms with Crippen LogP contribution < -0.4 is 10.1 Å². The quantitative estimate of drug-likeness (QED) is 0.766. The molecule has 4 nitrogen and oxygen atoms in total. The highest BCUT2D eigenvalue weighted by Crippen LogP contribution is 2.24. The van der Waals surface area contributed by atoms with E-state index in [0.29, 0.717) is 17.3 Å². The molecule has 3 rings (SSSR count). The van der Waals surface area contributed by atoms with Crippen molar-refractivity contribution in [3.8, 4) is 5.75 Å². The van der Waals surface area contributed by atoms with Gasteiger partial charge in [-0.1, -0.05) is 54.4 Å². The minimum absolute atomic E-state index is 0.150. The number of nitrogens with zero attached hydrogens (tertiary/aromatic N) is 1. The van der Waals surface area contributed by atoms with Crippen LogP contribution in [0.2, 0.25) is 5.02 Å². The number of benzene rings is 2. The number of carbonyl (C=O) groups excluding carboxylic acids is 1. The standard InChI is InChI=1S/C22H27ClN2O2/c1-17(27-21-12-6-5-11-20(21)23)22(26)24-15-18-9-3-4-10-19(18)16-25-13-7-2-8-14-25/h3-6,9-12,17H,2,7-8,13-16H2,1H3,(H,24,26)/t17-/m0/s1. The van der Waals surface area contributed by atoms with E-state index in [-0.39, 0.29) is 5.91 Å². The van der Waals surface area contributed by atoms with Gasteiger partial charge >= 0.3 is 0 Å². The SMILES string of the molecule is C[C@H](Oc1ccccc1Cl)C(=O)NCc1ccccc1CN1CCCCC1. The Balaban J connectivity index is 1.56. The highest BCUT2D eigenvalue weighted by atomic mass is 35.5. The van der Waals surface area contributed by atoms with E-state index in [1.54, 1.807) is 19.1 Å². The van der Waals surface area contributed by atoms with Gasteiger partial charge in [0.05, 0.1) is 5.02 Å². The van der Waals surface area contributed by atoms with Crippen LogP contribution in [0.4, 0.5) is 0 Å². The van der Waals surface area contributed by atoms with Crippen LogP contribution >= 0.6 is 11.6 Å². The lowest BCUT2D eigenvalue weighted by molar-refractivity contribution is -0.127. The maximum absolute atomic E-state index is 12.4. The number of hydrogen-bond donors (Lipinski definition) is 1. The van der Waals surface area contributed by atoms with Crippen molar-refractivity contribution in [2.75, 3.05) is 13.1 Å². The smallest absolute Gasteiger partial charge is 0.261 e. The van der Waals surface area contributed by atoms with Crippen LogP contribution in [0.25, 0.3) is 0 Å². The van der Waals surface area contributed by atoms with Gasteiger partial charge < -0.3 is 10.1 Å². The molecular weight excluding hydrogens is 360 g/mol. The van der Waals surface area contributed by atoms with E-state index in [2.05, 4.69) is 28.4 Å². The maximum atomic E-state index is 12.4. The molecule has 1 N–H and O–H groups in total. The highest BCUT2D eigenvalue weighted by molar-refractivity contribution is 6.32. The molecule has 1 aliphatic heterocycles. The Kier molecular flexibility index (Phi) is 7.13. The summed E-state index contributed by atoms with van der Waals surface area (Å²) in [5.41, 5.74) is 2.43. The topological polar surface area (TPSA) is 41.6 Å². The van der Waals surface area contributed by atoms with Gasteiger partial charge in [-0.3, -0.25) is 9.69 Å². The molecule has 1 aliphatic rings. The Bertz CT molecular complexity index is 759.